The maximum absolute atomic E-state index is 10.8. The number of aromatic nitrogens is 1. The van der Waals surface area contributed by atoms with Gasteiger partial charge >= 0.3 is 0 Å². The number of piperidine rings is 1. The standard InChI is InChI=1S/C18H19N3O/c22-11-19-18(6-1-7-18)13-2-3-15-14(10-13)16-12-4-8-21(9-5-12)17(16)20-15/h2-3,10,12,20H,1,4-9H2. The highest BCUT2D eigenvalue weighted by Gasteiger charge is 2.40. The molecule has 4 heterocycles. The molecule has 2 aromatic rings. The van der Waals surface area contributed by atoms with Crippen LogP contribution in [0.15, 0.2) is 23.2 Å². The monoisotopic (exact) mass is 293 g/mol. The molecule has 4 heteroatoms. The lowest BCUT2D eigenvalue weighted by Gasteiger charge is -2.40. The molecule has 3 aliphatic heterocycles. The molecule has 0 unspecified atom stereocenters. The summed E-state index contributed by atoms with van der Waals surface area (Å²) in [6.45, 7) is 2.35. The Hall–Kier alpha value is -2.06. The third kappa shape index (κ3) is 1.48. The van der Waals surface area contributed by atoms with Gasteiger partial charge in [0, 0.05) is 29.6 Å². The van der Waals surface area contributed by atoms with Gasteiger partial charge in [-0.3, -0.25) is 0 Å². The lowest BCUT2D eigenvalue weighted by Crippen LogP contribution is -2.38. The molecule has 4 nitrogen and oxygen atoms in total. The van der Waals surface area contributed by atoms with Crippen molar-refractivity contribution in [3.8, 4) is 0 Å². The first-order chi connectivity index (χ1) is 10.8. The third-order valence-corrected chi connectivity index (χ3v) is 6.02. The van der Waals surface area contributed by atoms with E-state index < -0.39 is 0 Å². The molecule has 22 heavy (non-hydrogen) atoms. The number of hydrogen-bond acceptors (Lipinski definition) is 3. The first kappa shape index (κ1) is 12.5. The van der Waals surface area contributed by atoms with Crippen LogP contribution in [0.25, 0.3) is 10.9 Å². The molecule has 1 saturated heterocycles. The molecule has 0 radical (unpaired) electrons. The second kappa shape index (κ2) is 4.23. The van der Waals surface area contributed by atoms with Crippen molar-refractivity contribution in [1.29, 1.82) is 0 Å². The van der Waals surface area contributed by atoms with Crippen LogP contribution in [0.4, 0.5) is 5.82 Å². The zero-order valence-corrected chi connectivity index (χ0v) is 12.6. The van der Waals surface area contributed by atoms with Crippen LogP contribution in [0, 0.1) is 0 Å². The van der Waals surface area contributed by atoms with Gasteiger partial charge in [-0.15, -0.1) is 0 Å². The molecule has 4 aliphatic rings. The maximum Gasteiger partial charge on any atom is 0.235 e. The van der Waals surface area contributed by atoms with Crippen LogP contribution in [0.5, 0.6) is 0 Å². The highest BCUT2D eigenvalue weighted by molar-refractivity contribution is 5.91. The van der Waals surface area contributed by atoms with E-state index in [2.05, 4.69) is 33.1 Å². The SMILES string of the molecule is O=C=NC1(c2ccc3[nH]c4c(c3c2)C2CCN4CC2)CCC1. The fourth-order valence-electron chi connectivity index (χ4n) is 4.61. The average molecular weight is 293 g/mol. The number of hydrogen-bond donors (Lipinski definition) is 1. The summed E-state index contributed by atoms with van der Waals surface area (Å²) < 4.78 is 0. The summed E-state index contributed by atoms with van der Waals surface area (Å²) in [7, 11) is 0. The summed E-state index contributed by atoms with van der Waals surface area (Å²) in [5.74, 6) is 2.02. The molecule has 6 rings (SSSR count). The van der Waals surface area contributed by atoms with Gasteiger partial charge in [0.25, 0.3) is 0 Å². The molecule has 1 aromatic heterocycles. The van der Waals surface area contributed by atoms with Crippen LogP contribution in [-0.4, -0.2) is 24.2 Å². The predicted molar refractivity (Wildman–Crippen MR) is 86.1 cm³/mol. The Kier molecular flexibility index (Phi) is 2.40. The fourth-order valence-corrected chi connectivity index (χ4v) is 4.61. The summed E-state index contributed by atoms with van der Waals surface area (Å²) in [6.07, 6.45) is 7.41. The van der Waals surface area contributed by atoms with Crippen molar-refractivity contribution in [2.24, 2.45) is 4.99 Å². The minimum Gasteiger partial charge on any atom is -0.358 e. The Morgan fingerprint density at radius 1 is 1.27 bits per heavy atom. The van der Waals surface area contributed by atoms with E-state index in [-0.39, 0.29) is 5.54 Å². The van der Waals surface area contributed by atoms with Gasteiger partial charge in [0.1, 0.15) is 5.82 Å². The van der Waals surface area contributed by atoms with Gasteiger partial charge in [0.2, 0.25) is 6.08 Å². The van der Waals surface area contributed by atoms with Crippen LogP contribution < -0.4 is 4.90 Å². The Morgan fingerprint density at radius 3 is 2.77 bits per heavy atom. The van der Waals surface area contributed by atoms with Crippen LogP contribution in [0.3, 0.4) is 0 Å². The van der Waals surface area contributed by atoms with Crippen molar-refractivity contribution in [2.75, 3.05) is 18.0 Å². The molecule has 2 fully saturated rings. The molecule has 0 atom stereocenters. The normalized spacial score (nSPS) is 22.3. The number of aromatic amines is 1. The number of rotatable bonds is 2. The van der Waals surface area contributed by atoms with E-state index in [9.17, 15) is 4.79 Å². The lowest BCUT2D eigenvalue weighted by atomic mass is 9.72. The van der Waals surface area contributed by atoms with E-state index in [4.69, 9.17) is 0 Å². The Labute approximate surface area is 129 Å². The molecule has 0 spiro atoms. The smallest absolute Gasteiger partial charge is 0.235 e. The molecule has 112 valence electrons. The first-order valence-electron chi connectivity index (χ1n) is 8.31. The van der Waals surface area contributed by atoms with E-state index in [0.717, 1.165) is 19.3 Å². The van der Waals surface area contributed by atoms with Gasteiger partial charge in [-0.05, 0) is 55.7 Å². The van der Waals surface area contributed by atoms with Crippen molar-refractivity contribution < 1.29 is 4.79 Å². The first-order valence-corrected chi connectivity index (χ1v) is 8.31. The highest BCUT2D eigenvalue weighted by Crippen LogP contribution is 2.49. The third-order valence-electron chi connectivity index (χ3n) is 6.02. The van der Waals surface area contributed by atoms with Gasteiger partial charge in [-0.2, -0.15) is 4.99 Å². The quantitative estimate of drug-likeness (QED) is 0.679. The summed E-state index contributed by atoms with van der Waals surface area (Å²) in [5, 5.41) is 1.34. The lowest BCUT2D eigenvalue weighted by molar-refractivity contribution is 0.256. The number of benzene rings is 1. The molecule has 1 saturated carbocycles. The van der Waals surface area contributed by atoms with Crippen LogP contribution in [0.2, 0.25) is 0 Å². The maximum atomic E-state index is 10.8. The molecule has 0 amide bonds. The van der Waals surface area contributed by atoms with Crippen molar-refractivity contribution in [1.82, 2.24) is 4.98 Å². The number of anilines is 1. The van der Waals surface area contributed by atoms with Crippen LogP contribution >= 0.6 is 0 Å². The fraction of sp³-hybridized carbons (Fsp3) is 0.500. The van der Waals surface area contributed by atoms with Crippen molar-refractivity contribution >= 4 is 22.8 Å². The summed E-state index contributed by atoms with van der Waals surface area (Å²) in [6, 6.07) is 6.60. The number of isocyanates is 1. The Bertz CT molecular complexity index is 803. The summed E-state index contributed by atoms with van der Waals surface area (Å²) in [5.41, 5.74) is 3.61. The predicted octanol–water partition coefficient (Wildman–Crippen LogP) is 3.58. The van der Waals surface area contributed by atoms with E-state index in [1.807, 2.05) is 0 Å². The van der Waals surface area contributed by atoms with Crippen molar-refractivity contribution in [2.45, 2.75) is 43.6 Å². The topological polar surface area (TPSA) is 48.5 Å². The van der Waals surface area contributed by atoms with Gasteiger partial charge in [-0.1, -0.05) is 6.07 Å². The zero-order chi connectivity index (χ0) is 14.7. The number of nitrogens with zero attached hydrogens (tertiary/aromatic N) is 2. The molecule has 1 aliphatic carbocycles. The Balaban J connectivity index is 1.71. The largest absolute Gasteiger partial charge is 0.358 e. The number of nitrogens with one attached hydrogen (secondary N) is 1. The molecule has 2 bridgehead atoms. The van der Waals surface area contributed by atoms with E-state index in [1.165, 1.54) is 53.8 Å². The second-order valence-corrected chi connectivity index (χ2v) is 7.00. The minimum absolute atomic E-state index is 0.298. The molecule has 1 aromatic carbocycles. The van der Waals surface area contributed by atoms with Gasteiger partial charge in [0.05, 0.1) is 5.54 Å². The van der Waals surface area contributed by atoms with Crippen LogP contribution in [0.1, 0.15) is 49.1 Å². The van der Waals surface area contributed by atoms with Crippen LogP contribution in [-0.2, 0) is 10.3 Å². The molecular weight excluding hydrogens is 274 g/mol. The Morgan fingerprint density at radius 2 is 2.09 bits per heavy atom. The molecular formula is C18H19N3O. The van der Waals surface area contributed by atoms with Crippen molar-refractivity contribution in [3.63, 3.8) is 0 Å². The summed E-state index contributed by atoms with van der Waals surface area (Å²) in [4.78, 5) is 21.1. The number of fused-ring (bicyclic) bond motifs is 3. The van der Waals surface area contributed by atoms with Gasteiger partial charge < -0.3 is 9.88 Å². The zero-order valence-electron chi connectivity index (χ0n) is 12.6. The average Bonchev–Trinajstić information content (AvgIpc) is 2.93. The van der Waals surface area contributed by atoms with Gasteiger partial charge in [0.15, 0.2) is 0 Å². The summed E-state index contributed by atoms with van der Waals surface area (Å²) >= 11 is 0. The molecule has 1 N–H and O–H groups in total. The van der Waals surface area contributed by atoms with E-state index >= 15 is 0 Å². The minimum atomic E-state index is -0.298. The number of carbonyl (C=O) groups excluding carboxylic acids is 1. The van der Waals surface area contributed by atoms with Gasteiger partial charge in [-0.25, -0.2) is 4.79 Å². The van der Waals surface area contributed by atoms with Crippen molar-refractivity contribution in [3.05, 3.63) is 29.3 Å². The number of H-pyrrole nitrogens is 1. The van der Waals surface area contributed by atoms with E-state index in [0.29, 0.717) is 5.92 Å². The number of aliphatic imine (C=N–C) groups is 1. The van der Waals surface area contributed by atoms with E-state index in [1.54, 1.807) is 6.08 Å². The highest BCUT2D eigenvalue weighted by atomic mass is 16.1. The second-order valence-electron chi connectivity index (χ2n) is 7.00.